The standard InChI is InChI=1S/C13H9.C12H11Si.C7H13NO.2ClH.Ti/c1-3-7-12-10(5-1)9-11-6-2-4-8-13(11)12;1-3-7-11(8-4-1)13-12-9-5-2-6-10-12;8-7(9)6-4-2-1-3-5-6;;;/h1-9H;1-10,13H;6H,1-5H2,(H2,8,9);2*1H;/q;;;;;+3/p-3. The van der Waals surface area contributed by atoms with Crippen molar-refractivity contribution in [3.05, 3.63) is 120 Å². The normalized spacial score (nSPS) is 14.6. The minimum atomic E-state index is -2.31. The summed E-state index contributed by atoms with van der Waals surface area (Å²) in [7, 11) is 0. The zero-order chi connectivity index (χ0) is 24.3. The molecule has 0 radical (unpaired) electrons. The number of hydrogen-bond acceptors (Lipinski definition) is 1. The van der Waals surface area contributed by atoms with Gasteiger partial charge in [0.15, 0.2) is 0 Å². The minimum Gasteiger partial charge on any atom is -1.00 e. The molecule has 4 aromatic rings. The Bertz CT molecular complexity index is 1260. The van der Waals surface area contributed by atoms with Crippen molar-refractivity contribution in [3.63, 3.8) is 0 Å². The van der Waals surface area contributed by atoms with Gasteiger partial charge in [-0.3, -0.25) is 0 Å². The number of rotatable bonds is 6. The molecule has 2 aliphatic carbocycles. The van der Waals surface area contributed by atoms with E-state index in [0.717, 1.165) is 12.8 Å². The average Bonchev–Trinajstić information content (AvgIpc) is 3.28. The van der Waals surface area contributed by atoms with Crippen LogP contribution in [0.15, 0.2) is 109 Å². The molecule has 0 saturated heterocycles. The molecule has 0 spiro atoms. The van der Waals surface area contributed by atoms with Crippen LogP contribution in [0.1, 0.15) is 47.5 Å². The maximum absolute atomic E-state index is 13.9. The van der Waals surface area contributed by atoms with Gasteiger partial charge in [0.05, 0.1) is 0 Å². The van der Waals surface area contributed by atoms with Crippen molar-refractivity contribution in [1.82, 2.24) is 3.80 Å². The van der Waals surface area contributed by atoms with Crippen molar-refractivity contribution in [2.45, 2.75) is 36.3 Å². The van der Waals surface area contributed by atoms with Crippen LogP contribution in [0.4, 0.5) is 0 Å². The van der Waals surface area contributed by atoms with E-state index in [2.05, 4.69) is 113 Å². The number of nitrogens with one attached hydrogen (secondary N) is 1. The number of amides is 1. The molecule has 0 bridgehead atoms. The number of hydrogen-bond donors (Lipinski definition) is 1. The second kappa shape index (κ2) is 13.3. The van der Waals surface area contributed by atoms with Crippen LogP contribution in [-0.2, 0) is 22.2 Å². The molecule has 0 aliphatic heterocycles. The first-order valence-electron chi connectivity index (χ1n) is 13.3. The third kappa shape index (κ3) is 5.73. The molecule has 1 fully saturated rings. The maximum atomic E-state index is 13.9. The van der Waals surface area contributed by atoms with E-state index < -0.39 is 24.0 Å². The number of halogens is 2. The molecule has 6 rings (SSSR count). The predicted molar refractivity (Wildman–Crippen MR) is 148 cm³/mol. The summed E-state index contributed by atoms with van der Waals surface area (Å²) in [6.45, 7) is -1.71. The third-order valence-electron chi connectivity index (χ3n) is 7.97. The molecule has 0 atom stereocenters. The minimum absolute atomic E-state index is 0. The molecular formula is C32H32Cl2NOSiTi. The zero-order valence-corrected chi connectivity index (χ0v) is 25.6. The molecule has 38 heavy (non-hydrogen) atoms. The molecule has 193 valence electrons. The smallest absolute Gasteiger partial charge is 1.00 e. The quantitative estimate of drug-likeness (QED) is 0.302. The van der Waals surface area contributed by atoms with E-state index in [4.69, 9.17) is 0 Å². The van der Waals surface area contributed by atoms with Crippen LogP contribution in [0.2, 0.25) is 0 Å². The van der Waals surface area contributed by atoms with Gasteiger partial charge in [-0.1, -0.05) is 0 Å². The van der Waals surface area contributed by atoms with Gasteiger partial charge in [0.1, 0.15) is 0 Å². The number of carbonyl (C=O) groups excluding carboxylic acids is 1. The molecule has 2 nitrogen and oxygen atoms in total. The van der Waals surface area contributed by atoms with Gasteiger partial charge in [0.2, 0.25) is 0 Å². The van der Waals surface area contributed by atoms with Crippen molar-refractivity contribution in [2.24, 2.45) is 5.92 Å². The average molecular weight is 593 g/mol. The second-order valence-corrected chi connectivity index (χ2v) is 20.3. The number of carbonyl (C=O) groups is 1. The van der Waals surface area contributed by atoms with Gasteiger partial charge < -0.3 is 24.8 Å². The topological polar surface area (TPSA) is 29.1 Å². The fourth-order valence-electron chi connectivity index (χ4n) is 6.25. The van der Waals surface area contributed by atoms with Gasteiger partial charge in [-0.25, -0.2) is 0 Å². The van der Waals surface area contributed by atoms with Gasteiger partial charge in [-0.05, 0) is 0 Å². The van der Waals surface area contributed by atoms with E-state index >= 15 is 0 Å². The van der Waals surface area contributed by atoms with Gasteiger partial charge in [0, 0.05) is 0 Å². The Hall–Kier alpha value is -2.14. The summed E-state index contributed by atoms with van der Waals surface area (Å²) in [5.41, 5.74) is 5.54. The van der Waals surface area contributed by atoms with Crippen molar-refractivity contribution >= 4 is 22.9 Å². The Morgan fingerprint density at radius 2 is 1.08 bits per heavy atom. The van der Waals surface area contributed by atoms with E-state index in [1.807, 2.05) is 0 Å². The number of fused-ring (bicyclic) bond motifs is 3. The summed E-state index contributed by atoms with van der Waals surface area (Å²) in [6, 6.07) is 40.0. The fraction of sp³-hybridized carbons (Fsp3) is 0.219. The van der Waals surface area contributed by atoms with Crippen LogP contribution < -0.4 is 39.0 Å². The van der Waals surface area contributed by atoms with Gasteiger partial charge >= 0.3 is 223 Å². The summed E-state index contributed by atoms with van der Waals surface area (Å²) < 4.78 is 4.20. The van der Waals surface area contributed by atoms with Crippen LogP contribution in [-0.4, -0.2) is 12.6 Å². The Morgan fingerprint density at radius 3 is 1.58 bits per heavy atom. The van der Waals surface area contributed by atoms with E-state index in [9.17, 15) is 4.79 Å². The second-order valence-electron chi connectivity index (χ2n) is 10.1. The van der Waals surface area contributed by atoms with Gasteiger partial charge in [0.25, 0.3) is 0 Å². The maximum Gasteiger partial charge on any atom is -1.00 e. The largest absolute Gasteiger partial charge is 1.00 e. The van der Waals surface area contributed by atoms with Gasteiger partial charge in [-0.2, -0.15) is 0 Å². The molecule has 0 aromatic heterocycles. The molecular weight excluding hydrogens is 561 g/mol. The molecule has 4 aromatic carbocycles. The predicted octanol–water partition coefficient (Wildman–Crippen LogP) is -0.468. The van der Waals surface area contributed by atoms with E-state index in [1.54, 1.807) is 0 Å². The Kier molecular flexibility index (Phi) is 10.1. The van der Waals surface area contributed by atoms with Crippen molar-refractivity contribution < 1.29 is 47.0 Å². The first-order valence-corrected chi connectivity index (χ1v) is 19.4. The summed E-state index contributed by atoms with van der Waals surface area (Å²) in [5, 5.41) is 2.90. The molecule has 1 N–H and O–H groups in total. The zero-order valence-electron chi connectivity index (χ0n) is 21.3. The Labute approximate surface area is 246 Å². The molecule has 1 amide bonds. The van der Waals surface area contributed by atoms with Crippen LogP contribution in [0.25, 0.3) is 11.1 Å². The molecule has 2 aliphatic rings. The monoisotopic (exact) mass is 592 g/mol. The summed E-state index contributed by atoms with van der Waals surface area (Å²) in [6.07, 6.45) is 5.71. The van der Waals surface area contributed by atoms with E-state index in [-0.39, 0.29) is 30.7 Å². The molecule has 0 heterocycles. The van der Waals surface area contributed by atoms with Crippen LogP contribution in [0.3, 0.4) is 0 Å². The molecule has 0 unspecified atom stereocenters. The van der Waals surface area contributed by atoms with Gasteiger partial charge in [-0.15, -0.1) is 0 Å². The first kappa shape index (κ1) is 28.9. The fourth-order valence-corrected chi connectivity index (χ4v) is 21.3. The Morgan fingerprint density at radius 1 is 0.632 bits per heavy atom. The summed E-state index contributed by atoms with van der Waals surface area (Å²) in [4.78, 5) is 13.9. The molecule has 1 saturated carbocycles. The first-order chi connectivity index (χ1) is 17.8. The van der Waals surface area contributed by atoms with Crippen molar-refractivity contribution in [1.29, 1.82) is 0 Å². The SMILES string of the molecule is O=C([NH][Ti+2]([CH]1c2ccccc2-c2ccccc21)[SiH](c1ccccc1)c1ccccc1)C1CCCCC1.[Cl-].[Cl-]. The van der Waals surface area contributed by atoms with Crippen LogP contribution >= 0.6 is 0 Å². The van der Waals surface area contributed by atoms with Crippen LogP contribution in [0, 0.1) is 5.92 Å². The van der Waals surface area contributed by atoms with E-state index in [0.29, 0.717) is 10.1 Å². The Balaban J connectivity index is 0.00000168. The van der Waals surface area contributed by atoms with E-state index in [1.165, 1.54) is 51.9 Å². The summed E-state index contributed by atoms with van der Waals surface area (Å²) >= 11 is -2.31. The molecule has 6 heteroatoms. The van der Waals surface area contributed by atoms with Crippen LogP contribution in [0.5, 0.6) is 0 Å². The third-order valence-corrected chi connectivity index (χ3v) is 21.5. The number of benzene rings is 4. The van der Waals surface area contributed by atoms with Crippen molar-refractivity contribution in [3.8, 4) is 11.1 Å². The summed E-state index contributed by atoms with van der Waals surface area (Å²) in [5.74, 6) is 0.505. The van der Waals surface area contributed by atoms with Crippen molar-refractivity contribution in [2.75, 3.05) is 0 Å².